The van der Waals surface area contributed by atoms with Gasteiger partial charge in [-0.1, -0.05) is 48.2 Å². The number of nitrogens with one attached hydrogen (secondary N) is 5. The van der Waals surface area contributed by atoms with Crippen LogP contribution in [0.25, 0.3) is 0 Å². The van der Waals surface area contributed by atoms with Crippen molar-refractivity contribution >= 4 is 47.1 Å². The molecule has 0 saturated carbocycles. The molecule has 59 heavy (non-hydrogen) atoms. The number of anilines is 2. The number of rotatable bonds is 11. The van der Waals surface area contributed by atoms with Crippen LogP contribution in [0.5, 0.6) is 0 Å². The molecule has 0 radical (unpaired) electrons. The SMILES string of the molecule is CN(C)C[C@@H](NC(=O)N1Cc2c(NC(=O)c3ccc(NC(=O)CCCC#Cc4cccc5c4CN(C4CCC(=O)NC4=O)C5=O)cc3)n[nH]c2C1(C)C)c1ccccc1. The average molecular weight is 798 g/mol. The standard InChI is InChI=1S/C44H47N9O6/c1-44(2)38-33(25-53(44)43(59)46-34(26-51(3)4)28-13-8-5-9-14-28)39(50-49-38)48-40(56)29-18-20-30(21-19-29)45-36(54)17-10-6-7-12-27-15-11-16-31-32(27)24-52(42(31)58)35-22-23-37(55)47-41(35)57/h5,8-9,11,13-16,18-21,34-35H,6,10,17,22-26H2,1-4H3,(H,45,54)(H,46,59)(H,47,55,57)(H2,48,49,50,56)/t34-,35?/m1/s1. The van der Waals surface area contributed by atoms with Crippen LogP contribution < -0.4 is 21.3 Å². The van der Waals surface area contributed by atoms with Gasteiger partial charge in [0.05, 0.1) is 23.8 Å². The first-order valence-electron chi connectivity index (χ1n) is 19.6. The zero-order valence-corrected chi connectivity index (χ0v) is 33.5. The molecule has 7 rings (SSSR count). The van der Waals surface area contributed by atoms with Crippen LogP contribution in [-0.2, 0) is 33.0 Å². The van der Waals surface area contributed by atoms with E-state index >= 15 is 0 Å². The summed E-state index contributed by atoms with van der Waals surface area (Å²) in [5.41, 5.74) is 4.61. The predicted molar refractivity (Wildman–Crippen MR) is 220 cm³/mol. The van der Waals surface area contributed by atoms with Gasteiger partial charge in [0.1, 0.15) is 6.04 Å². The van der Waals surface area contributed by atoms with Crippen molar-refractivity contribution in [3.05, 3.63) is 112 Å². The maximum atomic E-state index is 13.7. The molecule has 15 nitrogen and oxygen atoms in total. The maximum Gasteiger partial charge on any atom is 0.319 e. The molecular weight excluding hydrogens is 751 g/mol. The van der Waals surface area contributed by atoms with Crippen LogP contribution in [0.4, 0.5) is 16.3 Å². The van der Waals surface area contributed by atoms with E-state index < -0.39 is 17.5 Å². The largest absolute Gasteiger partial charge is 0.330 e. The topological polar surface area (TPSA) is 189 Å². The lowest BCUT2D eigenvalue weighted by Crippen LogP contribution is -2.52. The lowest BCUT2D eigenvalue weighted by molar-refractivity contribution is -0.137. The van der Waals surface area contributed by atoms with E-state index in [4.69, 9.17) is 0 Å². The minimum absolute atomic E-state index is 0.185. The highest BCUT2D eigenvalue weighted by molar-refractivity contribution is 6.06. The van der Waals surface area contributed by atoms with Gasteiger partial charge in [-0.15, -0.1) is 0 Å². The number of imide groups is 1. The van der Waals surface area contributed by atoms with Crippen molar-refractivity contribution in [2.75, 3.05) is 31.3 Å². The Hall–Kier alpha value is -6.79. The van der Waals surface area contributed by atoms with Gasteiger partial charge in [0.2, 0.25) is 17.7 Å². The molecule has 1 saturated heterocycles. The van der Waals surface area contributed by atoms with Crippen LogP contribution in [-0.4, -0.2) is 87.1 Å². The number of unbranched alkanes of at least 4 members (excludes halogenated alkanes) is 1. The van der Waals surface area contributed by atoms with Crippen LogP contribution in [0, 0.1) is 11.8 Å². The van der Waals surface area contributed by atoms with E-state index in [2.05, 4.69) is 43.3 Å². The number of hydrogen-bond donors (Lipinski definition) is 5. The van der Waals surface area contributed by atoms with Gasteiger partial charge in [-0.3, -0.25) is 34.4 Å². The third-order valence-electron chi connectivity index (χ3n) is 10.9. The van der Waals surface area contributed by atoms with E-state index in [1.165, 1.54) is 4.90 Å². The Labute approximate surface area is 342 Å². The van der Waals surface area contributed by atoms with Gasteiger partial charge >= 0.3 is 6.03 Å². The summed E-state index contributed by atoms with van der Waals surface area (Å²) in [7, 11) is 3.93. The Morgan fingerprint density at radius 3 is 2.44 bits per heavy atom. The zero-order chi connectivity index (χ0) is 41.8. The van der Waals surface area contributed by atoms with Crippen molar-refractivity contribution in [3.8, 4) is 11.8 Å². The number of likely N-dealkylation sites (N-methyl/N-ethyl adjacent to an activating group) is 1. The van der Waals surface area contributed by atoms with Crippen LogP contribution in [0.2, 0.25) is 0 Å². The van der Waals surface area contributed by atoms with Gasteiger partial charge < -0.3 is 30.7 Å². The maximum absolute atomic E-state index is 13.7. The Balaban J connectivity index is 0.890. The summed E-state index contributed by atoms with van der Waals surface area (Å²) >= 11 is 0. The molecule has 15 heteroatoms. The molecule has 304 valence electrons. The highest BCUT2D eigenvalue weighted by Gasteiger charge is 2.44. The number of aromatic nitrogens is 2. The number of carbonyl (C=O) groups is 6. The van der Waals surface area contributed by atoms with Gasteiger partial charge in [0.15, 0.2) is 5.82 Å². The molecule has 4 heterocycles. The second-order valence-corrected chi connectivity index (χ2v) is 15.7. The zero-order valence-electron chi connectivity index (χ0n) is 33.5. The fraction of sp³-hybridized carbons (Fsp3) is 0.341. The van der Waals surface area contributed by atoms with Crippen LogP contribution in [0.3, 0.4) is 0 Å². The van der Waals surface area contributed by atoms with Gasteiger partial charge in [0, 0.05) is 60.3 Å². The van der Waals surface area contributed by atoms with E-state index in [1.54, 1.807) is 41.3 Å². The highest BCUT2D eigenvalue weighted by atomic mass is 16.2. The lowest BCUT2D eigenvalue weighted by Gasteiger charge is -2.34. The molecule has 3 aromatic carbocycles. The van der Waals surface area contributed by atoms with E-state index in [0.29, 0.717) is 47.6 Å². The minimum atomic E-state index is -0.714. The normalized spacial score (nSPS) is 17.1. The van der Waals surface area contributed by atoms with E-state index in [9.17, 15) is 28.8 Å². The average Bonchev–Trinajstić information content (AvgIpc) is 3.85. The van der Waals surface area contributed by atoms with Gasteiger partial charge in [-0.25, -0.2) is 4.79 Å². The molecule has 0 spiro atoms. The van der Waals surface area contributed by atoms with Crippen molar-refractivity contribution < 1.29 is 28.8 Å². The third-order valence-corrected chi connectivity index (χ3v) is 10.9. The Kier molecular flexibility index (Phi) is 11.6. The number of aromatic amines is 1. The first kappa shape index (κ1) is 40.4. The fourth-order valence-corrected chi connectivity index (χ4v) is 7.76. The van der Waals surface area contributed by atoms with Crippen LogP contribution in [0.15, 0.2) is 72.8 Å². The fourth-order valence-electron chi connectivity index (χ4n) is 7.76. The van der Waals surface area contributed by atoms with Gasteiger partial charge in [-0.2, -0.15) is 5.10 Å². The van der Waals surface area contributed by atoms with Crippen LogP contribution in [0.1, 0.15) is 101 Å². The third kappa shape index (κ3) is 8.73. The molecule has 4 aromatic rings. The monoisotopic (exact) mass is 797 g/mol. The Morgan fingerprint density at radius 1 is 0.949 bits per heavy atom. The number of H-pyrrole nitrogens is 1. The Bertz CT molecular complexity index is 2360. The molecule has 3 aliphatic rings. The Morgan fingerprint density at radius 2 is 1.71 bits per heavy atom. The molecule has 1 unspecified atom stereocenters. The minimum Gasteiger partial charge on any atom is -0.330 e. The summed E-state index contributed by atoms with van der Waals surface area (Å²) in [5.74, 6) is 4.94. The molecule has 1 fully saturated rings. The summed E-state index contributed by atoms with van der Waals surface area (Å²) in [6, 6.07) is 20.5. The van der Waals surface area contributed by atoms with Crippen LogP contribution >= 0.6 is 0 Å². The number of piperidine rings is 1. The number of fused-ring (bicyclic) bond motifs is 2. The number of carbonyl (C=O) groups excluding carboxylic acids is 6. The first-order chi connectivity index (χ1) is 28.3. The molecular formula is C44H47N9O6. The van der Waals surface area contributed by atoms with E-state index in [1.807, 2.05) is 69.2 Å². The number of nitrogens with zero attached hydrogens (tertiary/aromatic N) is 4. The van der Waals surface area contributed by atoms with E-state index in [0.717, 1.165) is 22.4 Å². The smallest absolute Gasteiger partial charge is 0.319 e. The summed E-state index contributed by atoms with van der Waals surface area (Å²) in [6.07, 6.45) is 1.65. The molecule has 0 bridgehead atoms. The van der Waals surface area contributed by atoms with Gasteiger partial charge in [0.25, 0.3) is 11.8 Å². The summed E-state index contributed by atoms with van der Waals surface area (Å²) in [4.78, 5) is 82.1. The van der Waals surface area contributed by atoms with Crippen molar-refractivity contribution in [3.63, 3.8) is 0 Å². The van der Waals surface area contributed by atoms with Gasteiger partial charge in [-0.05, 0) is 88.3 Å². The second-order valence-electron chi connectivity index (χ2n) is 15.7. The first-order valence-corrected chi connectivity index (χ1v) is 19.6. The predicted octanol–water partition coefficient (Wildman–Crippen LogP) is 4.65. The molecule has 2 atom stereocenters. The molecule has 0 aliphatic carbocycles. The van der Waals surface area contributed by atoms with E-state index in [-0.39, 0.29) is 68.1 Å². The molecule has 1 aromatic heterocycles. The molecule has 3 aliphatic heterocycles. The summed E-state index contributed by atoms with van der Waals surface area (Å²) in [5, 5.41) is 18.7. The number of urea groups is 1. The number of amides is 7. The van der Waals surface area contributed by atoms with Crippen molar-refractivity contribution in [1.82, 2.24) is 35.5 Å². The number of hydrogen-bond acceptors (Lipinski definition) is 8. The molecule has 5 N–H and O–H groups in total. The highest BCUT2D eigenvalue weighted by Crippen LogP contribution is 2.41. The van der Waals surface area contributed by atoms with Crippen molar-refractivity contribution in [2.24, 2.45) is 0 Å². The second kappa shape index (κ2) is 17.0. The number of benzene rings is 3. The van der Waals surface area contributed by atoms with Crippen molar-refractivity contribution in [2.45, 2.75) is 76.7 Å². The summed E-state index contributed by atoms with van der Waals surface area (Å²) in [6.45, 7) is 4.99. The summed E-state index contributed by atoms with van der Waals surface area (Å²) < 4.78 is 0. The molecule has 7 amide bonds. The quantitative estimate of drug-likeness (QED) is 0.0824. The lowest BCUT2D eigenvalue weighted by atomic mass is 10.0. The van der Waals surface area contributed by atoms with Crippen molar-refractivity contribution in [1.29, 1.82) is 0 Å².